The molecule has 1 saturated carbocycles. The van der Waals surface area contributed by atoms with Crippen LogP contribution in [0.25, 0.3) is 0 Å². The number of rotatable bonds is 5. The first-order valence-corrected chi connectivity index (χ1v) is 9.20. The standard InChI is InChI=1S/C19H22N4O4/c1-12-6-7-15-14(8-12)22(17(24)11-27-15)9-16-20-19(13-4-2-3-5-13)21-23(16)10-18(25)26/h6-8,13H,2-5,9-11H2,1H3,(H,25,26). The van der Waals surface area contributed by atoms with Crippen molar-refractivity contribution in [1.29, 1.82) is 0 Å². The van der Waals surface area contributed by atoms with Crippen LogP contribution in [-0.4, -0.2) is 38.4 Å². The van der Waals surface area contributed by atoms with E-state index in [1.165, 1.54) is 4.68 Å². The summed E-state index contributed by atoms with van der Waals surface area (Å²) in [5, 5.41) is 13.7. The number of nitrogens with zero attached hydrogens (tertiary/aromatic N) is 4. The average molecular weight is 370 g/mol. The summed E-state index contributed by atoms with van der Waals surface area (Å²) in [7, 11) is 0. The summed E-state index contributed by atoms with van der Waals surface area (Å²) >= 11 is 0. The predicted octanol–water partition coefficient (Wildman–Crippen LogP) is 2.25. The van der Waals surface area contributed by atoms with E-state index in [9.17, 15) is 14.7 Å². The molecule has 27 heavy (non-hydrogen) atoms. The fourth-order valence-electron chi connectivity index (χ4n) is 3.75. The van der Waals surface area contributed by atoms with Gasteiger partial charge in [0.25, 0.3) is 5.91 Å². The number of carbonyl (C=O) groups excluding carboxylic acids is 1. The number of amides is 1. The van der Waals surface area contributed by atoms with Crippen molar-refractivity contribution in [2.45, 2.75) is 51.6 Å². The second-order valence-electron chi connectivity index (χ2n) is 7.16. The number of carbonyl (C=O) groups is 2. The van der Waals surface area contributed by atoms with Crippen LogP contribution in [0.3, 0.4) is 0 Å². The van der Waals surface area contributed by atoms with Gasteiger partial charge in [0.15, 0.2) is 12.4 Å². The summed E-state index contributed by atoms with van der Waals surface area (Å²) in [4.78, 5) is 30.0. The molecule has 0 atom stereocenters. The normalized spacial score (nSPS) is 17.1. The Bertz CT molecular complexity index is 886. The fraction of sp³-hybridized carbons (Fsp3) is 0.474. The van der Waals surface area contributed by atoms with E-state index in [-0.39, 0.29) is 31.5 Å². The summed E-state index contributed by atoms with van der Waals surface area (Å²) in [6, 6.07) is 5.66. The van der Waals surface area contributed by atoms with Crippen molar-refractivity contribution in [3.8, 4) is 5.75 Å². The minimum absolute atomic E-state index is 0.0430. The van der Waals surface area contributed by atoms with Gasteiger partial charge in [-0.05, 0) is 37.5 Å². The summed E-state index contributed by atoms with van der Waals surface area (Å²) < 4.78 is 6.92. The smallest absolute Gasteiger partial charge is 0.325 e. The highest BCUT2D eigenvalue weighted by molar-refractivity contribution is 5.97. The number of carboxylic acids is 1. The van der Waals surface area contributed by atoms with Crippen molar-refractivity contribution in [3.05, 3.63) is 35.4 Å². The van der Waals surface area contributed by atoms with Gasteiger partial charge >= 0.3 is 5.97 Å². The Labute approximate surface area is 156 Å². The van der Waals surface area contributed by atoms with Crippen molar-refractivity contribution in [1.82, 2.24) is 14.8 Å². The molecule has 1 N–H and O–H groups in total. The first kappa shape index (κ1) is 17.5. The van der Waals surface area contributed by atoms with Crippen molar-refractivity contribution in [2.24, 2.45) is 0 Å². The maximum Gasteiger partial charge on any atom is 0.325 e. The summed E-state index contributed by atoms with van der Waals surface area (Å²) in [6.45, 7) is 1.81. The van der Waals surface area contributed by atoms with Crippen molar-refractivity contribution < 1.29 is 19.4 Å². The van der Waals surface area contributed by atoms with Gasteiger partial charge < -0.3 is 9.84 Å². The zero-order valence-electron chi connectivity index (χ0n) is 15.2. The fourth-order valence-corrected chi connectivity index (χ4v) is 3.75. The van der Waals surface area contributed by atoms with Crippen LogP contribution in [0.2, 0.25) is 0 Å². The number of benzene rings is 1. The van der Waals surface area contributed by atoms with Gasteiger partial charge in [0.05, 0.1) is 12.2 Å². The number of fused-ring (bicyclic) bond motifs is 1. The molecule has 4 rings (SSSR count). The number of aryl methyl sites for hydroxylation is 1. The van der Waals surface area contributed by atoms with Crippen LogP contribution in [-0.2, 0) is 22.7 Å². The zero-order valence-corrected chi connectivity index (χ0v) is 15.2. The number of hydrogen-bond donors (Lipinski definition) is 1. The third kappa shape index (κ3) is 3.51. The number of hydrogen-bond acceptors (Lipinski definition) is 5. The molecule has 2 heterocycles. The highest BCUT2D eigenvalue weighted by Crippen LogP contribution is 2.35. The first-order chi connectivity index (χ1) is 13.0. The van der Waals surface area contributed by atoms with Crippen LogP contribution in [0, 0.1) is 6.92 Å². The van der Waals surface area contributed by atoms with Crippen LogP contribution in [0.5, 0.6) is 5.75 Å². The maximum atomic E-state index is 12.5. The van der Waals surface area contributed by atoms with Crippen LogP contribution in [0.15, 0.2) is 18.2 Å². The van der Waals surface area contributed by atoms with E-state index in [4.69, 9.17) is 4.74 Å². The largest absolute Gasteiger partial charge is 0.482 e. The molecule has 1 aliphatic carbocycles. The SMILES string of the molecule is Cc1ccc2c(c1)N(Cc1nc(C3CCCC3)nn1CC(=O)O)C(=O)CO2. The Morgan fingerprint density at radius 1 is 1.33 bits per heavy atom. The van der Waals surface area contributed by atoms with Gasteiger partial charge in [0, 0.05) is 5.92 Å². The topological polar surface area (TPSA) is 97.5 Å². The molecule has 0 unspecified atom stereocenters. The third-order valence-corrected chi connectivity index (χ3v) is 5.13. The summed E-state index contributed by atoms with van der Waals surface area (Å²) in [6.07, 6.45) is 4.33. The summed E-state index contributed by atoms with van der Waals surface area (Å²) in [5.41, 5.74) is 1.69. The molecule has 0 radical (unpaired) electrons. The minimum atomic E-state index is -0.983. The Hall–Kier alpha value is -2.90. The Morgan fingerprint density at radius 2 is 2.11 bits per heavy atom. The molecule has 1 amide bonds. The highest BCUT2D eigenvalue weighted by atomic mass is 16.5. The lowest BCUT2D eigenvalue weighted by molar-refractivity contribution is -0.138. The van der Waals surface area contributed by atoms with E-state index in [2.05, 4.69) is 10.1 Å². The van der Waals surface area contributed by atoms with Gasteiger partial charge in [-0.2, -0.15) is 5.10 Å². The monoisotopic (exact) mass is 370 g/mol. The van der Waals surface area contributed by atoms with E-state index in [1.807, 2.05) is 25.1 Å². The van der Waals surface area contributed by atoms with Crippen molar-refractivity contribution >= 4 is 17.6 Å². The van der Waals surface area contributed by atoms with E-state index in [1.54, 1.807) is 4.90 Å². The molecule has 0 bridgehead atoms. The summed E-state index contributed by atoms with van der Waals surface area (Å²) in [5.74, 6) is 0.925. The molecule has 1 fully saturated rings. The molecule has 0 spiro atoms. The molecule has 1 aliphatic heterocycles. The Morgan fingerprint density at radius 3 is 2.85 bits per heavy atom. The third-order valence-electron chi connectivity index (χ3n) is 5.13. The van der Waals surface area contributed by atoms with Crippen LogP contribution in [0.4, 0.5) is 5.69 Å². The molecule has 8 heteroatoms. The van der Waals surface area contributed by atoms with Crippen molar-refractivity contribution in [3.63, 3.8) is 0 Å². The van der Waals surface area contributed by atoms with Crippen LogP contribution < -0.4 is 9.64 Å². The van der Waals surface area contributed by atoms with Gasteiger partial charge in [0.1, 0.15) is 18.1 Å². The van der Waals surface area contributed by atoms with E-state index in [0.29, 0.717) is 23.1 Å². The minimum Gasteiger partial charge on any atom is -0.482 e. The van der Waals surface area contributed by atoms with E-state index < -0.39 is 5.97 Å². The van der Waals surface area contributed by atoms with E-state index in [0.717, 1.165) is 31.2 Å². The second kappa shape index (κ2) is 7.02. The quantitative estimate of drug-likeness (QED) is 0.867. The molecule has 142 valence electrons. The van der Waals surface area contributed by atoms with Gasteiger partial charge in [0.2, 0.25) is 0 Å². The lowest BCUT2D eigenvalue weighted by atomic mass is 10.1. The molecule has 2 aliphatic rings. The number of aromatic nitrogens is 3. The van der Waals surface area contributed by atoms with Gasteiger partial charge in [-0.1, -0.05) is 18.9 Å². The first-order valence-electron chi connectivity index (χ1n) is 9.20. The second-order valence-corrected chi connectivity index (χ2v) is 7.16. The van der Waals surface area contributed by atoms with Gasteiger partial charge in [-0.15, -0.1) is 0 Å². The van der Waals surface area contributed by atoms with Gasteiger partial charge in [-0.25, -0.2) is 9.67 Å². The molecule has 2 aromatic rings. The molecule has 1 aromatic heterocycles. The molecular formula is C19H22N4O4. The molecular weight excluding hydrogens is 348 g/mol. The zero-order chi connectivity index (χ0) is 19.0. The molecule has 0 saturated heterocycles. The highest BCUT2D eigenvalue weighted by Gasteiger charge is 2.29. The van der Waals surface area contributed by atoms with Crippen LogP contribution >= 0.6 is 0 Å². The van der Waals surface area contributed by atoms with Crippen LogP contribution in [0.1, 0.15) is 48.8 Å². The van der Waals surface area contributed by atoms with E-state index >= 15 is 0 Å². The number of aliphatic carboxylic acids is 1. The molecule has 8 nitrogen and oxygen atoms in total. The Kier molecular flexibility index (Phi) is 4.55. The lowest BCUT2D eigenvalue weighted by Crippen LogP contribution is -2.39. The van der Waals surface area contributed by atoms with Gasteiger partial charge in [-0.3, -0.25) is 14.5 Å². The number of carboxylic acid groups (broad SMARTS) is 1. The number of anilines is 1. The number of ether oxygens (including phenoxy) is 1. The van der Waals surface area contributed by atoms with Crippen molar-refractivity contribution in [2.75, 3.05) is 11.5 Å². The lowest BCUT2D eigenvalue weighted by Gasteiger charge is -2.29. The molecule has 1 aromatic carbocycles. The Balaban J connectivity index is 1.68. The predicted molar refractivity (Wildman–Crippen MR) is 96.7 cm³/mol. The average Bonchev–Trinajstić information content (AvgIpc) is 3.27. The maximum absolute atomic E-state index is 12.5.